The van der Waals surface area contributed by atoms with E-state index >= 15 is 0 Å². The molecule has 0 aliphatic heterocycles. The molecule has 1 aromatic carbocycles. The molecule has 3 nitrogen and oxygen atoms in total. The summed E-state index contributed by atoms with van der Waals surface area (Å²) >= 11 is 12.1. The second-order valence-corrected chi connectivity index (χ2v) is 5.34. The van der Waals surface area contributed by atoms with E-state index in [0.29, 0.717) is 10.9 Å². The topological polar surface area (TPSA) is 31.0 Å². The molecule has 3 rings (SSSR count). The number of aromatic nitrogens is 2. The fourth-order valence-corrected chi connectivity index (χ4v) is 2.74. The first kappa shape index (κ1) is 13.5. The van der Waals surface area contributed by atoms with Crippen LogP contribution in [0, 0.1) is 0 Å². The van der Waals surface area contributed by atoms with Crippen molar-refractivity contribution >= 4 is 34.2 Å². The number of fused-ring (bicyclic) bond motifs is 1. The molecular formula is C15H14Cl2N2O. The summed E-state index contributed by atoms with van der Waals surface area (Å²) in [5.41, 5.74) is 1.89. The lowest BCUT2D eigenvalue weighted by atomic mass is 10.3. The average molecular weight is 309 g/mol. The zero-order valence-corrected chi connectivity index (χ0v) is 12.4. The molecule has 5 heteroatoms. The maximum Gasteiger partial charge on any atom is 0.111 e. The molecule has 20 heavy (non-hydrogen) atoms. The highest BCUT2D eigenvalue weighted by atomic mass is 35.5. The van der Waals surface area contributed by atoms with Gasteiger partial charge in [0.25, 0.3) is 0 Å². The Hall–Kier alpha value is -1.45. The van der Waals surface area contributed by atoms with Crippen molar-refractivity contribution in [2.45, 2.75) is 19.4 Å². The number of nitrogens with zero attached hydrogens (tertiary/aromatic N) is 2. The highest BCUT2D eigenvalue weighted by Gasteiger charge is 2.12. The zero-order chi connectivity index (χ0) is 13.9. The van der Waals surface area contributed by atoms with Crippen molar-refractivity contribution in [1.82, 2.24) is 9.55 Å². The van der Waals surface area contributed by atoms with E-state index in [1.165, 1.54) is 0 Å². The van der Waals surface area contributed by atoms with Crippen LogP contribution in [-0.2, 0) is 19.4 Å². The second-order valence-electron chi connectivity index (χ2n) is 4.56. The van der Waals surface area contributed by atoms with Gasteiger partial charge in [0.2, 0.25) is 0 Å². The third-order valence-corrected chi connectivity index (χ3v) is 3.78. The number of hydrogen-bond donors (Lipinski definition) is 0. The molecule has 3 aromatic rings. The molecule has 0 saturated carbocycles. The molecule has 2 heterocycles. The molecule has 2 aromatic heterocycles. The first-order valence-electron chi connectivity index (χ1n) is 6.51. The maximum atomic E-state index is 6.21. The lowest BCUT2D eigenvalue weighted by Gasteiger charge is -2.07. The van der Waals surface area contributed by atoms with Gasteiger partial charge in [0.15, 0.2) is 0 Å². The number of imidazole rings is 1. The summed E-state index contributed by atoms with van der Waals surface area (Å²) in [5.74, 6) is 2.47. The van der Waals surface area contributed by atoms with Crippen molar-refractivity contribution in [2.24, 2.45) is 0 Å². The number of furan rings is 1. The Balaban J connectivity index is 1.98. The molecule has 0 aliphatic carbocycles. The van der Waals surface area contributed by atoms with Crippen LogP contribution in [0.1, 0.15) is 11.6 Å². The van der Waals surface area contributed by atoms with E-state index in [-0.39, 0.29) is 0 Å². The summed E-state index contributed by atoms with van der Waals surface area (Å²) in [6, 6.07) is 9.72. The van der Waals surface area contributed by atoms with Gasteiger partial charge in [-0.05, 0) is 24.3 Å². The Morgan fingerprint density at radius 3 is 2.80 bits per heavy atom. The molecule has 0 unspecified atom stereocenters. The van der Waals surface area contributed by atoms with Crippen LogP contribution >= 0.6 is 23.2 Å². The van der Waals surface area contributed by atoms with Gasteiger partial charge in [-0.25, -0.2) is 4.98 Å². The SMILES string of the molecule is ClCCc1nc2c(Cl)cccc2n1CCc1ccco1. The van der Waals surface area contributed by atoms with Crippen molar-refractivity contribution in [3.63, 3.8) is 0 Å². The molecule has 0 radical (unpaired) electrons. The van der Waals surface area contributed by atoms with Gasteiger partial charge in [-0.3, -0.25) is 0 Å². The number of benzene rings is 1. The van der Waals surface area contributed by atoms with Crippen LogP contribution in [0.5, 0.6) is 0 Å². The fraction of sp³-hybridized carbons (Fsp3) is 0.267. The Kier molecular flexibility index (Phi) is 3.99. The summed E-state index contributed by atoms with van der Waals surface area (Å²) in [4.78, 5) is 4.62. The minimum Gasteiger partial charge on any atom is -0.469 e. The molecular weight excluding hydrogens is 295 g/mol. The Bertz CT molecular complexity index is 704. The lowest BCUT2D eigenvalue weighted by Crippen LogP contribution is -2.06. The summed E-state index contributed by atoms with van der Waals surface area (Å²) in [7, 11) is 0. The molecule has 0 spiro atoms. The summed E-state index contributed by atoms with van der Waals surface area (Å²) in [5, 5.41) is 0.676. The van der Waals surface area contributed by atoms with Crippen LogP contribution in [-0.4, -0.2) is 15.4 Å². The van der Waals surface area contributed by atoms with Crippen LogP contribution < -0.4 is 0 Å². The summed E-state index contributed by atoms with van der Waals surface area (Å²) in [6.07, 6.45) is 3.24. The standard InChI is InChI=1S/C15H14Cl2N2O/c16-8-6-14-18-15-12(17)4-1-5-13(15)19(14)9-7-11-3-2-10-20-11/h1-5,10H,6-9H2. The molecule has 0 atom stereocenters. The molecule has 0 amide bonds. The van der Waals surface area contributed by atoms with Crippen molar-refractivity contribution in [1.29, 1.82) is 0 Å². The Labute approximate surface area is 127 Å². The van der Waals surface area contributed by atoms with Crippen molar-refractivity contribution in [3.8, 4) is 0 Å². The van der Waals surface area contributed by atoms with Gasteiger partial charge in [0.05, 0.1) is 16.8 Å². The number of rotatable bonds is 5. The number of para-hydroxylation sites is 1. The van der Waals surface area contributed by atoms with E-state index in [9.17, 15) is 0 Å². The minimum absolute atomic E-state index is 0.543. The summed E-state index contributed by atoms with van der Waals surface area (Å²) in [6.45, 7) is 0.802. The van der Waals surface area contributed by atoms with Crippen LogP contribution in [0.2, 0.25) is 5.02 Å². The molecule has 0 bridgehead atoms. The van der Waals surface area contributed by atoms with Gasteiger partial charge >= 0.3 is 0 Å². The smallest absolute Gasteiger partial charge is 0.111 e. The highest BCUT2D eigenvalue weighted by Crippen LogP contribution is 2.24. The predicted octanol–water partition coefficient (Wildman–Crippen LogP) is 4.31. The van der Waals surface area contributed by atoms with Gasteiger partial charge in [0, 0.05) is 25.3 Å². The normalized spacial score (nSPS) is 11.3. The van der Waals surface area contributed by atoms with Gasteiger partial charge in [-0.15, -0.1) is 11.6 Å². The van der Waals surface area contributed by atoms with E-state index in [2.05, 4.69) is 9.55 Å². The van der Waals surface area contributed by atoms with Crippen LogP contribution in [0.3, 0.4) is 0 Å². The molecule has 0 aliphatic rings. The number of alkyl halides is 1. The number of hydrogen-bond acceptors (Lipinski definition) is 2. The lowest BCUT2D eigenvalue weighted by molar-refractivity contribution is 0.490. The van der Waals surface area contributed by atoms with Crippen LogP contribution in [0.25, 0.3) is 11.0 Å². The van der Waals surface area contributed by atoms with Gasteiger partial charge in [-0.1, -0.05) is 17.7 Å². The van der Waals surface area contributed by atoms with Gasteiger partial charge < -0.3 is 8.98 Å². The largest absolute Gasteiger partial charge is 0.469 e. The van der Waals surface area contributed by atoms with Crippen LogP contribution in [0.4, 0.5) is 0 Å². The van der Waals surface area contributed by atoms with E-state index < -0.39 is 0 Å². The van der Waals surface area contributed by atoms with E-state index in [4.69, 9.17) is 27.6 Å². The van der Waals surface area contributed by atoms with Crippen LogP contribution in [0.15, 0.2) is 41.0 Å². The Morgan fingerprint density at radius 1 is 1.15 bits per heavy atom. The molecule has 0 fully saturated rings. The first-order chi connectivity index (χ1) is 9.79. The molecule has 0 N–H and O–H groups in total. The van der Waals surface area contributed by atoms with Crippen molar-refractivity contribution in [2.75, 3.05) is 5.88 Å². The Morgan fingerprint density at radius 2 is 2.05 bits per heavy atom. The predicted molar refractivity (Wildman–Crippen MR) is 81.6 cm³/mol. The maximum absolute atomic E-state index is 6.21. The van der Waals surface area contributed by atoms with Crippen molar-refractivity contribution in [3.05, 3.63) is 53.2 Å². The monoisotopic (exact) mass is 308 g/mol. The molecule has 0 saturated heterocycles. The van der Waals surface area contributed by atoms with Gasteiger partial charge in [0.1, 0.15) is 17.1 Å². The summed E-state index contributed by atoms with van der Waals surface area (Å²) < 4.78 is 7.55. The van der Waals surface area contributed by atoms with Gasteiger partial charge in [-0.2, -0.15) is 0 Å². The molecule has 104 valence electrons. The second kappa shape index (κ2) is 5.90. The van der Waals surface area contributed by atoms with E-state index in [0.717, 1.165) is 42.0 Å². The highest BCUT2D eigenvalue weighted by molar-refractivity contribution is 6.34. The minimum atomic E-state index is 0.543. The third-order valence-electron chi connectivity index (χ3n) is 3.29. The van der Waals surface area contributed by atoms with E-state index in [1.54, 1.807) is 6.26 Å². The zero-order valence-electron chi connectivity index (χ0n) is 10.9. The number of halogens is 2. The fourth-order valence-electron chi connectivity index (χ4n) is 2.36. The number of aryl methyl sites for hydroxylation is 3. The average Bonchev–Trinajstić information content (AvgIpc) is 3.05. The van der Waals surface area contributed by atoms with E-state index in [1.807, 2.05) is 30.3 Å². The third kappa shape index (κ3) is 2.56. The van der Waals surface area contributed by atoms with Crippen molar-refractivity contribution < 1.29 is 4.42 Å². The first-order valence-corrected chi connectivity index (χ1v) is 7.43. The quantitative estimate of drug-likeness (QED) is 0.658.